The van der Waals surface area contributed by atoms with Crippen molar-refractivity contribution in [2.24, 2.45) is 5.73 Å². The average Bonchev–Trinajstić information content (AvgIpc) is 2.13. The summed E-state index contributed by atoms with van der Waals surface area (Å²) in [5.41, 5.74) is 4.85. The van der Waals surface area contributed by atoms with Crippen molar-refractivity contribution in [1.82, 2.24) is 5.32 Å². The summed E-state index contributed by atoms with van der Waals surface area (Å²) in [7, 11) is 0. The second-order valence-electron chi connectivity index (χ2n) is 2.52. The maximum atomic E-state index is 9.91. The Morgan fingerprint density at radius 2 is 1.67 bits per heavy atom. The van der Waals surface area contributed by atoms with Crippen molar-refractivity contribution < 1.29 is 19.8 Å². The van der Waals surface area contributed by atoms with E-state index in [9.17, 15) is 9.59 Å². The van der Waals surface area contributed by atoms with Gasteiger partial charge in [0.1, 0.15) is 0 Å². The first-order chi connectivity index (χ1) is 7.04. The highest BCUT2D eigenvalue weighted by Gasteiger charge is 1.93. The molecule has 0 aliphatic carbocycles. The quantitative estimate of drug-likeness (QED) is 0.383. The van der Waals surface area contributed by atoms with E-state index in [2.05, 4.69) is 21.2 Å². The Morgan fingerprint density at radius 3 is 1.93 bits per heavy atom. The highest BCUT2D eigenvalue weighted by atomic mass is 79.9. The molecule has 0 rings (SSSR count). The lowest BCUT2D eigenvalue weighted by Crippen LogP contribution is -2.19. The number of rotatable bonds is 7. The zero-order valence-electron chi connectivity index (χ0n) is 8.41. The van der Waals surface area contributed by atoms with Crippen LogP contribution >= 0.6 is 15.9 Å². The summed E-state index contributed by atoms with van der Waals surface area (Å²) in [6.45, 7) is 1.61. The highest BCUT2D eigenvalue weighted by Crippen LogP contribution is 1.77. The summed E-state index contributed by atoms with van der Waals surface area (Å²) in [6, 6.07) is 0. The summed E-state index contributed by atoms with van der Waals surface area (Å²) >= 11 is 3.21. The third kappa shape index (κ3) is 24.7. The molecule has 0 atom stereocenters. The first-order valence-corrected chi connectivity index (χ1v) is 5.57. The number of nitrogens with two attached hydrogens (primary N) is 1. The lowest BCUT2D eigenvalue weighted by Gasteiger charge is -1.96. The van der Waals surface area contributed by atoms with Crippen LogP contribution in [0.25, 0.3) is 0 Å². The van der Waals surface area contributed by atoms with Crippen LogP contribution in [0.5, 0.6) is 0 Å². The van der Waals surface area contributed by atoms with Crippen LogP contribution in [-0.2, 0) is 9.59 Å². The molecule has 0 heterocycles. The Hall–Kier alpha value is -0.660. The van der Waals surface area contributed by atoms with Gasteiger partial charge in [0.2, 0.25) is 0 Å². The molecule has 0 aromatic rings. The maximum absolute atomic E-state index is 9.91. The Morgan fingerprint density at radius 1 is 1.13 bits per heavy atom. The van der Waals surface area contributed by atoms with E-state index in [0.717, 1.165) is 11.9 Å². The SMILES string of the molecule is NCCC(=O)O.O=C(O)CCNCCBr. The van der Waals surface area contributed by atoms with Gasteiger partial charge in [-0.2, -0.15) is 0 Å². The van der Waals surface area contributed by atoms with E-state index in [4.69, 9.17) is 15.9 Å². The van der Waals surface area contributed by atoms with E-state index in [0.29, 0.717) is 6.54 Å². The number of alkyl halides is 1. The Bertz CT molecular complexity index is 178. The molecule has 0 saturated heterocycles. The number of hydrogen-bond acceptors (Lipinski definition) is 4. The molecule has 0 amide bonds. The molecule has 0 aliphatic heterocycles. The molecule has 7 heteroatoms. The van der Waals surface area contributed by atoms with Crippen LogP contribution in [0, 0.1) is 0 Å². The van der Waals surface area contributed by atoms with Gasteiger partial charge in [0.15, 0.2) is 0 Å². The van der Waals surface area contributed by atoms with Crippen LogP contribution in [-0.4, -0.2) is 47.1 Å². The molecule has 0 unspecified atom stereocenters. The van der Waals surface area contributed by atoms with Crippen molar-refractivity contribution in [3.8, 4) is 0 Å². The minimum atomic E-state index is -0.836. The second kappa shape index (κ2) is 13.3. The van der Waals surface area contributed by atoms with Crippen molar-refractivity contribution in [1.29, 1.82) is 0 Å². The van der Waals surface area contributed by atoms with Crippen molar-refractivity contribution >= 4 is 27.9 Å². The van der Waals surface area contributed by atoms with E-state index in [1.807, 2.05) is 0 Å². The van der Waals surface area contributed by atoms with Crippen LogP contribution in [0.2, 0.25) is 0 Å². The summed E-state index contributed by atoms with van der Waals surface area (Å²) in [6.07, 6.45) is 0.271. The van der Waals surface area contributed by atoms with Crippen LogP contribution < -0.4 is 11.1 Å². The van der Waals surface area contributed by atoms with Crippen molar-refractivity contribution in [2.75, 3.05) is 25.0 Å². The number of hydrogen-bond donors (Lipinski definition) is 4. The van der Waals surface area contributed by atoms with E-state index in [1.165, 1.54) is 0 Å². The minimum Gasteiger partial charge on any atom is -0.481 e. The van der Waals surface area contributed by atoms with Gasteiger partial charge >= 0.3 is 11.9 Å². The maximum Gasteiger partial charge on any atom is 0.304 e. The van der Waals surface area contributed by atoms with Gasteiger partial charge in [-0.3, -0.25) is 9.59 Å². The topological polar surface area (TPSA) is 113 Å². The standard InChI is InChI=1S/C5H10BrNO2.C3H7NO2/c6-2-4-7-3-1-5(8)9;4-2-1-3(5)6/h7H,1-4H2,(H,8,9);1-2,4H2,(H,5,6). The zero-order valence-corrected chi connectivity index (χ0v) is 9.99. The summed E-state index contributed by atoms with van der Waals surface area (Å²) < 4.78 is 0. The molecule has 0 fully saturated rings. The average molecular weight is 285 g/mol. The van der Waals surface area contributed by atoms with Crippen LogP contribution in [0.3, 0.4) is 0 Å². The summed E-state index contributed by atoms with van der Waals surface area (Å²) in [4.78, 5) is 19.4. The van der Waals surface area contributed by atoms with E-state index < -0.39 is 11.9 Å². The molecule has 0 bridgehead atoms. The number of carboxylic acid groups (broad SMARTS) is 2. The smallest absolute Gasteiger partial charge is 0.304 e. The third-order valence-corrected chi connectivity index (χ3v) is 1.54. The second-order valence-corrected chi connectivity index (χ2v) is 3.31. The fraction of sp³-hybridized carbons (Fsp3) is 0.750. The van der Waals surface area contributed by atoms with Gasteiger partial charge < -0.3 is 21.3 Å². The molecular formula is C8H17BrN2O4. The van der Waals surface area contributed by atoms with Gasteiger partial charge in [0.25, 0.3) is 0 Å². The lowest BCUT2D eigenvalue weighted by atomic mass is 10.4. The van der Waals surface area contributed by atoms with Crippen molar-refractivity contribution in [3.05, 3.63) is 0 Å². The largest absolute Gasteiger partial charge is 0.481 e. The Balaban J connectivity index is 0. The predicted molar refractivity (Wildman–Crippen MR) is 60.2 cm³/mol. The summed E-state index contributed by atoms with van der Waals surface area (Å²) in [5, 5.41) is 19.8. The molecule has 0 saturated carbocycles. The van der Waals surface area contributed by atoms with Crippen molar-refractivity contribution in [3.63, 3.8) is 0 Å². The van der Waals surface area contributed by atoms with Crippen molar-refractivity contribution in [2.45, 2.75) is 12.8 Å². The lowest BCUT2D eigenvalue weighted by molar-refractivity contribution is -0.137. The van der Waals surface area contributed by atoms with Crippen LogP contribution in [0.15, 0.2) is 0 Å². The monoisotopic (exact) mass is 284 g/mol. The summed E-state index contributed by atoms with van der Waals surface area (Å²) in [5.74, 6) is -1.59. The van der Waals surface area contributed by atoms with E-state index in [-0.39, 0.29) is 19.4 Å². The Labute approximate surface area is 97.0 Å². The molecule has 0 aromatic heterocycles. The molecule has 0 aromatic carbocycles. The molecule has 15 heavy (non-hydrogen) atoms. The molecule has 6 nitrogen and oxygen atoms in total. The molecular weight excluding hydrogens is 268 g/mol. The number of carboxylic acids is 2. The van der Waals surface area contributed by atoms with Crippen LogP contribution in [0.1, 0.15) is 12.8 Å². The predicted octanol–water partition coefficient (Wildman–Crippen LogP) is -0.135. The van der Waals surface area contributed by atoms with E-state index in [1.54, 1.807) is 0 Å². The van der Waals surface area contributed by atoms with Gasteiger partial charge in [-0.05, 0) is 0 Å². The van der Waals surface area contributed by atoms with E-state index >= 15 is 0 Å². The van der Waals surface area contributed by atoms with Gasteiger partial charge in [-0.25, -0.2) is 0 Å². The number of aliphatic carboxylic acids is 2. The minimum absolute atomic E-state index is 0.0694. The normalized spacial score (nSPS) is 8.93. The zero-order chi connectivity index (χ0) is 12.1. The molecule has 0 aliphatic rings. The van der Waals surface area contributed by atoms with Gasteiger partial charge in [-0.15, -0.1) is 0 Å². The number of carbonyl (C=O) groups is 2. The third-order valence-electron chi connectivity index (χ3n) is 1.15. The van der Waals surface area contributed by atoms with Gasteiger partial charge in [0.05, 0.1) is 12.8 Å². The first-order valence-electron chi connectivity index (χ1n) is 4.45. The van der Waals surface area contributed by atoms with Gasteiger partial charge in [0, 0.05) is 25.0 Å². The van der Waals surface area contributed by atoms with Gasteiger partial charge in [-0.1, -0.05) is 15.9 Å². The Kier molecular flexibility index (Phi) is 14.9. The highest BCUT2D eigenvalue weighted by molar-refractivity contribution is 9.09. The number of nitrogens with one attached hydrogen (secondary N) is 1. The fourth-order valence-electron chi connectivity index (χ4n) is 0.511. The molecule has 90 valence electrons. The molecule has 0 spiro atoms. The molecule has 5 N–H and O–H groups in total. The first kappa shape index (κ1) is 16.8. The molecule has 0 radical (unpaired) electrons. The van der Waals surface area contributed by atoms with Crippen LogP contribution in [0.4, 0.5) is 0 Å². The fourth-order valence-corrected chi connectivity index (χ4v) is 0.791. The number of halogens is 1.